The van der Waals surface area contributed by atoms with E-state index in [4.69, 9.17) is 14.2 Å². The van der Waals surface area contributed by atoms with Crippen molar-refractivity contribution in [3.8, 4) is 5.75 Å². The number of ketones is 1. The fourth-order valence-electron chi connectivity index (χ4n) is 5.09. The molecule has 5 rings (SSSR count). The van der Waals surface area contributed by atoms with Crippen LogP contribution in [0.3, 0.4) is 0 Å². The van der Waals surface area contributed by atoms with Crippen LogP contribution in [0, 0.1) is 23.7 Å². The largest absolute Gasteiger partial charge is 0.462 e. The Morgan fingerprint density at radius 2 is 1.68 bits per heavy atom. The Kier molecular flexibility index (Phi) is 4.81. The van der Waals surface area contributed by atoms with E-state index in [0.29, 0.717) is 23.3 Å². The Balaban J connectivity index is 1.16. The Labute approximate surface area is 178 Å². The fourth-order valence-corrected chi connectivity index (χ4v) is 5.09. The lowest BCUT2D eigenvalue weighted by atomic mass is 9.80. The van der Waals surface area contributed by atoms with E-state index in [1.165, 1.54) is 24.3 Å². The lowest BCUT2D eigenvalue weighted by Gasteiger charge is -2.22. The van der Waals surface area contributed by atoms with Crippen molar-refractivity contribution in [2.45, 2.75) is 18.9 Å². The normalized spacial score (nSPS) is 27.6. The van der Waals surface area contributed by atoms with Crippen molar-refractivity contribution in [3.63, 3.8) is 0 Å². The van der Waals surface area contributed by atoms with Gasteiger partial charge in [0.2, 0.25) is 0 Å². The number of carbonyl (C=O) groups is 4. The molecule has 31 heavy (non-hydrogen) atoms. The number of ether oxygens (including phenoxy) is 3. The minimum Gasteiger partial charge on any atom is -0.462 e. The van der Waals surface area contributed by atoms with Gasteiger partial charge in [0, 0.05) is 11.5 Å². The molecule has 5 atom stereocenters. The van der Waals surface area contributed by atoms with Crippen molar-refractivity contribution >= 4 is 23.7 Å². The second kappa shape index (κ2) is 7.65. The third kappa shape index (κ3) is 3.50. The van der Waals surface area contributed by atoms with Gasteiger partial charge in [-0.2, -0.15) is 0 Å². The second-order valence-corrected chi connectivity index (χ2v) is 8.23. The Morgan fingerprint density at radius 1 is 0.935 bits per heavy atom. The molecule has 1 heterocycles. The molecule has 3 fully saturated rings. The summed E-state index contributed by atoms with van der Waals surface area (Å²) in [6, 6.07) is 14.6. The van der Waals surface area contributed by atoms with Gasteiger partial charge in [-0.3, -0.25) is 14.4 Å². The number of rotatable bonds is 6. The van der Waals surface area contributed by atoms with E-state index in [1.54, 1.807) is 30.3 Å². The number of fused-ring (bicyclic) bond motifs is 1. The first-order valence-corrected chi connectivity index (χ1v) is 10.3. The van der Waals surface area contributed by atoms with Gasteiger partial charge in [0.1, 0.15) is 11.9 Å². The van der Waals surface area contributed by atoms with Crippen LogP contribution in [0.25, 0.3) is 0 Å². The maximum Gasteiger partial charge on any atom is 0.343 e. The molecular weight excluding hydrogens is 400 g/mol. The molecule has 0 spiro atoms. The van der Waals surface area contributed by atoms with Gasteiger partial charge in [0.15, 0.2) is 12.4 Å². The van der Waals surface area contributed by atoms with E-state index >= 15 is 0 Å². The number of hydrogen-bond acceptors (Lipinski definition) is 7. The number of Topliss-reactive ketones (excluding diaryl/α,β-unsaturated/α-hetero) is 1. The maximum atomic E-state index is 12.6. The van der Waals surface area contributed by atoms with Gasteiger partial charge in [0.05, 0.1) is 17.4 Å². The first-order chi connectivity index (χ1) is 15.0. The highest BCUT2D eigenvalue weighted by molar-refractivity contribution is 5.98. The first kappa shape index (κ1) is 19.5. The summed E-state index contributed by atoms with van der Waals surface area (Å²) in [6.07, 6.45) is 1.45. The van der Waals surface area contributed by atoms with Crippen LogP contribution < -0.4 is 4.74 Å². The molecule has 3 aliphatic rings. The molecule has 1 saturated heterocycles. The summed E-state index contributed by atoms with van der Waals surface area (Å²) in [5.74, 6) is -2.12. The van der Waals surface area contributed by atoms with Crippen LogP contribution in [0.15, 0.2) is 54.6 Å². The SMILES string of the molecule is O=C(COC(=O)[C@@H]1[C@@H]2C[C@@H]3[C@H]1C(=O)O[C@H]3C2)c1ccc(OC(=O)c2ccccc2)cc1. The van der Waals surface area contributed by atoms with E-state index in [9.17, 15) is 19.2 Å². The number of hydrogen-bond donors (Lipinski definition) is 0. The van der Waals surface area contributed by atoms with Gasteiger partial charge in [-0.25, -0.2) is 4.79 Å². The molecule has 0 radical (unpaired) electrons. The molecule has 0 N–H and O–H groups in total. The van der Waals surface area contributed by atoms with Crippen LogP contribution in [0.1, 0.15) is 33.6 Å². The minimum atomic E-state index is -0.510. The molecule has 2 bridgehead atoms. The summed E-state index contributed by atoms with van der Waals surface area (Å²) in [6.45, 7) is -0.402. The predicted octanol–water partition coefficient (Wildman–Crippen LogP) is 2.83. The average molecular weight is 420 g/mol. The van der Waals surface area contributed by atoms with Gasteiger partial charge in [-0.15, -0.1) is 0 Å². The molecular formula is C24H20O7. The molecule has 7 nitrogen and oxygen atoms in total. The van der Waals surface area contributed by atoms with Crippen LogP contribution in [0.2, 0.25) is 0 Å². The zero-order chi connectivity index (χ0) is 21.5. The zero-order valence-corrected chi connectivity index (χ0v) is 16.6. The summed E-state index contributed by atoms with van der Waals surface area (Å²) in [5.41, 5.74) is 0.758. The summed E-state index contributed by atoms with van der Waals surface area (Å²) in [5, 5.41) is 0. The standard InChI is InChI=1S/C24H20O7/c25-18(12-29-23(27)20-15-10-17-19(11-15)31-24(28)21(17)20)13-6-8-16(9-7-13)30-22(26)14-4-2-1-3-5-14/h1-9,15,17,19-21H,10-12H2/t15-,17+,19+,20-,21-/m1/s1. The molecule has 0 unspecified atom stereocenters. The lowest BCUT2D eigenvalue weighted by molar-refractivity contribution is -0.154. The van der Waals surface area contributed by atoms with Crippen molar-refractivity contribution < 1.29 is 33.4 Å². The van der Waals surface area contributed by atoms with Gasteiger partial charge < -0.3 is 14.2 Å². The molecule has 2 aliphatic carbocycles. The smallest absolute Gasteiger partial charge is 0.343 e. The van der Waals surface area contributed by atoms with Gasteiger partial charge in [0.25, 0.3) is 0 Å². The monoisotopic (exact) mass is 420 g/mol. The number of benzene rings is 2. The van der Waals surface area contributed by atoms with E-state index < -0.39 is 30.4 Å². The first-order valence-electron chi connectivity index (χ1n) is 10.3. The predicted molar refractivity (Wildman–Crippen MR) is 106 cm³/mol. The highest BCUT2D eigenvalue weighted by Gasteiger charge is 2.64. The van der Waals surface area contributed by atoms with Crippen LogP contribution in [0.5, 0.6) is 5.75 Å². The molecule has 1 aliphatic heterocycles. The van der Waals surface area contributed by atoms with Crippen molar-refractivity contribution in [2.24, 2.45) is 23.7 Å². The molecule has 158 valence electrons. The van der Waals surface area contributed by atoms with Crippen molar-refractivity contribution in [2.75, 3.05) is 6.61 Å². The van der Waals surface area contributed by atoms with Crippen molar-refractivity contribution in [1.29, 1.82) is 0 Å². The third-order valence-corrected chi connectivity index (χ3v) is 6.50. The average Bonchev–Trinajstić information content (AvgIpc) is 3.41. The van der Waals surface area contributed by atoms with Crippen molar-refractivity contribution in [3.05, 3.63) is 65.7 Å². The van der Waals surface area contributed by atoms with E-state index in [2.05, 4.69) is 0 Å². The van der Waals surface area contributed by atoms with Gasteiger partial charge in [-0.05, 0) is 55.2 Å². The molecule has 0 aromatic heterocycles. The van der Waals surface area contributed by atoms with E-state index in [0.717, 1.165) is 6.42 Å². The summed E-state index contributed by atoms with van der Waals surface area (Å²) in [7, 11) is 0. The second-order valence-electron chi connectivity index (χ2n) is 8.23. The highest BCUT2D eigenvalue weighted by atomic mass is 16.6. The Morgan fingerprint density at radius 3 is 2.42 bits per heavy atom. The Hall–Kier alpha value is -3.48. The fraction of sp³-hybridized carbons (Fsp3) is 0.333. The summed E-state index contributed by atoms with van der Waals surface area (Å²) >= 11 is 0. The van der Waals surface area contributed by atoms with Gasteiger partial charge in [-0.1, -0.05) is 18.2 Å². The molecule has 2 aromatic carbocycles. The molecule has 7 heteroatoms. The lowest BCUT2D eigenvalue weighted by Crippen LogP contribution is -2.34. The maximum absolute atomic E-state index is 12.6. The summed E-state index contributed by atoms with van der Waals surface area (Å²) < 4.78 is 15.9. The van der Waals surface area contributed by atoms with Crippen LogP contribution in [-0.4, -0.2) is 36.4 Å². The summed E-state index contributed by atoms with van der Waals surface area (Å²) in [4.78, 5) is 49.1. The number of carbonyl (C=O) groups excluding carboxylic acids is 4. The van der Waals surface area contributed by atoms with E-state index in [1.807, 2.05) is 0 Å². The zero-order valence-electron chi connectivity index (χ0n) is 16.6. The minimum absolute atomic E-state index is 0.0531. The number of esters is 3. The van der Waals surface area contributed by atoms with Crippen LogP contribution in [-0.2, 0) is 19.1 Å². The third-order valence-electron chi connectivity index (χ3n) is 6.50. The van der Waals surface area contributed by atoms with Gasteiger partial charge >= 0.3 is 17.9 Å². The molecule has 2 aromatic rings. The molecule has 2 saturated carbocycles. The quantitative estimate of drug-likeness (QED) is 0.403. The Bertz CT molecular complexity index is 1040. The topological polar surface area (TPSA) is 96.0 Å². The van der Waals surface area contributed by atoms with Crippen molar-refractivity contribution in [1.82, 2.24) is 0 Å². The highest BCUT2D eigenvalue weighted by Crippen LogP contribution is 2.57. The van der Waals surface area contributed by atoms with Crippen LogP contribution in [0.4, 0.5) is 0 Å². The van der Waals surface area contributed by atoms with Crippen LogP contribution >= 0.6 is 0 Å². The van der Waals surface area contributed by atoms with E-state index in [-0.39, 0.29) is 29.7 Å². The molecule has 0 amide bonds.